The van der Waals surface area contributed by atoms with Crippen LogP contribution in [0.2, 0.25) is 0 Å². The first-order chi connectivity index (χ1) is 9.28. The first-order valence-electron chi connectivity index (χ1n) is 8.71. The maximum Gasteiger partial charge on any atom is 0.00501 e. The number of hydrogen-bond donors (Lipinski definition) is 1. The summed E-state index contributed by atoms with van der Waals surface area (Å²) in [5, 5.41) is 3.72. The summed E-state index contributed by atoms with van der Waals surface area (Å²) in [6, 6.07) is 0. The molecule has 2 rings (SSSR count). The zero-order valence-electron chi connectivity index (χ0n) is 13.2. The van der Waals surface area contributed by atoms with Crippen molar-refractivity contribution in [2.75, 3.05) is 32.7 Å². The van der Waals surface area contributed by atoms with Crippen molar-refractivity contribution in [2.24, 2.45) is 11.3 Å². The van der Waals surface area contributed by atoms with Crippen LogP contribution < -0.4 is 5.32 Å². The summed E-state index contributed by atoms with van der Waals surface area (Å²) in [7, 11) is 0. The average molecular weight is 266 g/mol. The van der Waals surface area contributed by atoms with E-state index in [0.29, 0.717) is 5.41 Å². The standard InChI is InChI=1S/C17H34N2/c1-3-12-18-14-17(10-6-5-7-11-17)15-19(4-2)13-16-8-9-16/h16,18H,3-15H2,1-2H3. The van der Waals surface area contributed by atoms with E-state index in [1.807, 2.05) is 0 Å². The Hall–Kier alpha value is -0.0800. The molecule has 112 valence electrons. The van der Waals surface area contributed by atoms with Crippen LogP contribution in [-0.2, 0) is 0 Å². The van der Waals surface area contributed by atoms with Crippen molar-refractivity contribution >= 4 is 0 Å². The Morgan fingerprint density at radius 3 is 2.42 bits per heavy atom. The Bertz CT molecular complexity index is 242. The lowest BCUT2D eigenvalue weighted by atomic mass is 9.73. The zero-order valence-corrected chi connectivity index (χ0v) is 13.2. The molecule has 0 aromatic heterocycles. The van der Waals surface area contributed by atoms with Gasteiger partial charge in [0.25, 0.3) is 0 Å². The van der Waals surface area contributed by atoms with Crippen molar-refractivity contribution in [3.05, 3.63) is 0 Å². The molecule has 0 heterocycles. The number of nitrogens with one attached hydrogen (secondary N) is 1. The molecule has 2 aliphatic carbocycles. The maximum atomic E-state index is 3.72. The Balaban J connectivity index is 1.86. The molecule has 1 N–H and O–H groups in total. The lowest BCUT2D eigenvalue weighted by molar-refractivity contribution is 0.102. The first-order valence-corrected chi connectivity index (χ1v) is 8.71. The van der Waals surface area contributed by atoms with Crippen LogP contribution in [0.4, 0.5) is 0 Å². The molecule has 0 atom stereocenters. The zero-order chi connectivity index (χ0) is 13.6. The molecule has 2 nitrogen and oxygen atoms in total. The lowest BCUT2D eigenvalue weighted by Crippen LogP contribution is -2.46. The van der Waals surface area contributed by atoms with Crippen molar-refractivity contribution in [3.8, 4) is 0 Å². The Kier molecular flexibility index (Phi) is 6.15. The van der Waals surface area contributed by atoms with E-state index in [-0.39, 0.29) is 0 Å². The van der Waals surface area contributed by atoms with Crippen molar-refractivity contribution in [1.29, 1.82) is 0 Å². The van der Waals surface area contributed by atoms with Crippen LogP contribution in [0, 0.1) is 11.3 Å². The Labute approximate surface area is 120 Å². The summed E-state index contributed by atoms with van der Waals surface area (Å²) in [5.74, 6) is 1.03. The third kappa shape index (κ3) is 5.07. The van der Waals surface area contributed by atoms with E-state index in [9.17, 15) is 0 Å². The molecule has 0 unspecified atom stereocenters. The van der Waals surface area contributed by atoms with Crippen molar-refractivity contribution in [3.63, 3.8) is 0 Å². The van der Waals surface area contributed by atoms with Crippen molar-refractivity contribution in [2.45, 2.75) is 65.2 Å². The third-order valence-corrected chi connectivity index (χ3v) is 5.06. The number of rotatable bonds is 9. The van der Waals surface area contributed by atoms with E-state index in [1.54, 1.807) is 0 Å². The molecule has 2 saturated carbocycles. The fraction of sp³-hybridized carbons (Fsp3) is 1.00. The number of nitrogens with zero attached hydrogens (tertiary/aromatic N) is 1. The summed E-state index contributed by atoms with van der Waals surface area (Å²) in [6.07, 6.45) is 11.5. The molecule has 0 aromatic carbocycles. The second kappa shape index (κ2) is 7.64. The van der Waals surface area contributed by atoms with Gasteiger partial charge < -0.3 is 10.2 Å². The molecule has 2 heteroatoms. The van der Waals surface area contributed by atoms with E-state index in [2.05, 4.69) is 24.1 Å². The monoisotopic (exact) mass is 266 g/mol. The van der Waals surface area contributed by atoms with E-state index in [1.165, 1.54) is 84.1 Å². The summed E-state index contributed by atoms with van der Waals surface area (Å²) < 4.78 is 0. The molecule has 0 amide bonds. The highest BCUT2D eigenvalue weighted by Gasteiger charge is 2.34. The molecule has 2 aliphatic rings. The molecule has 2 fully saturated rings. The molecule has 0 radical (unpaired) electrons. The van der Waals surface area contributed by atoms with Gasteiger partial charge in [-0.2, -0.15) is 0 Å². The van der Waals surface area contributed by atoms with Gasteiger partial charge >= 0.3 is 0 Å². The SMILES string of the molecule is CCCNCC1(CN(CC)CC2CC2)CCCCC1. The van der Waals surface area contributed by atoms with Gasteiger partial charge in [-0.25, -0.2) is 0 Å². The van der Waals surface area contributed by atoms with Gasteiger partial charge in [0.05, 0.1) is 0 Å². The third-order valence-electron chi connectivity index (χ3n) is 5.06. The van der Waals surface area contributed by atoms with Crippen LogP contribution in [0.5, 0.6) is 0 Å². The summed E-state index contributed by atoms with van der Waals surface area (Å²) in [4.78, 5) is 2.75. The summed E-state index contributed by atoms with van der Waals surface area (Å²) in [5.41, 5.74) is 0.582. The fourth-order valence-electron chi connectivity index (χ4n) is 3.67. The normalized spacial score (nSPS) is 22.9. The van der Waals surface area contributed by atoms with Gasteiger partial charge in [0.1, 0.15) is 0 Å². The highest BCUT2D eigenvalue weighted by atomic mass is 15.1. The van der Waals surface area contributed by atoms with Gasteiger partial charge in [-0.05, 0) is 56.5 Å². The van der Waals surface area contributed by atoms with Crippen LogP contribution in [0.1, 0.15) is 65.2 Å². The molecular formula is C17H34N2. The highest BCUT2D eigenvalue weighted by Crippen LogP contribution is 2.38. The minimum Gasteiger partial charge on any atom is -0.316 e. The second-order valence-electron chi connectivity index (χ2n) is 7.01. The van der Waals surface area contributed by atoms with Crippen LogP contribution in [-0.4, -0.2) is 37.6 Å². The Morgan fingerprint density at radius 1 is 1.11 bits per heavy atom. The van der Waals surface area contributed by atoms with Gasteiger partial charge in [-0.15, -0.1) is 0 Å². The fourth-order valence-corrected chi connectivity index (χ4v) is 3.67. The van der Waals surface area contributed by atoms with Crippen LogP contribution in [0.3, 0.4) is 0 Å². The van der Waals surface area contributed by atoms with Crippen LogP contribution >= 0.6 is 0 Å². The smallest absolute Gasteiger partial charge is 0.00501 e. The summed E-state index contributed by atoms with van der Waals surface area (Å²) >= 11 is 0. The summed E-state index contributed by atoms with van der Waals surface area (Å²) in [6.45, 7) is 11.0. The van der Waals surface area contributed by atoms with E-state index < -0.39 is 0 Å². The maximum absolute atomic E-state index is 3.72. The topological polar surface area (TPSA) is 15.3 Å². The van der Waals surface area contributed by atoms with Crippen LogP contribution in [0.25, 0.3) is 0 Å². The molecule has 0 saturated heterocycles. The first kappa shape index (κ1) is 15.3. The van der Waals surface area contributed by atoms with Gasteiger partial charge in [0, 0.05) is 19.6 Å². The number of hydrogen-bond acceptors (Lipinski definition) is 2. The van der Waals surface area contributed by atoms with E-state index >= 15 is 0 Å². The van der Waals surface area contributed by atoms with Crippen molar-refractivity contribution in [1.82, 2.24) is 10.2 Å². The van der Waals surface area contributed by atoms with Gasteiger partial charge in [-0.1, -0.05) is 33.1 Å². The van der Waals surface area contributed by atoms with E-state index in [0.717, 1.165) is 5.92 Å². The van der Waals surface area contributed by atoms with Crippen LogP contribution in [0.15, 0.2) is 0 Å². The predicted octanol–water partition coefficient (Wildman–Crippen LogP) is 3.67. The molecular weight excluding hydrogens is 232 g/mol. The predicted molar refractivity (Wildman–Crippen MR) is 83.5 cm³/mol. The molecule has 0 aromatic rings. The molecule has 19 heavy (non-hydrogen) atoms. The second-order valence-corrected chi connectivity index (χ2v) is 7.01. The minimum absolute atomic E-state index is 0.582. The van der Waals surface area contributed by atoms with Gasteiger partial charge in [0.2, 0.25) is 0 Å². The Morgan fingerprint density at radius 2 is 1.84 bits per heavy atom. The molecule has 0 aliphatic heterocycles. The molecule has 0 bridgehead atoms. The highest BCUT2D eigenvalue weighted by molar-refractivity contribution is 4.89. The minimum atomic E-state index is 0.582. The van der Waals surface area contributed by atoms with E-state index in [4.69, 9.17) is 0 Å². The van der Waals surface area contributed by atoms with Gasteiger partial charge in [0.15, 0.2) is 0 Å². The quantitative estimate of drug-likeness (QED) is 0.641. The van der Waals surface area contributed by atoms with Gasteiger partial charge in [-0.3, -0.25) is 0 Å². The lowest BCUT2D eigenvalue weighted by Gasteiger charge is -2.41. The molecule has 0 spiro atoms. The average Bonchev–Trinajstić information content (AvgIpc) is 3.23. The van der Waals surface area contributed by atoms with Crippen molar-refractivity contribution < 1.29 is 0 Å². The largest absolute Gasteiger partial charge is 0.316 e.